The number of nitrogens with two attached hydrogens (primary N) is 1. The van der Waals surface area contributed by atoms with Crippen molar-refractivity contribution in [2.24, 2.45) is 5.92 Å². The second-order valence-corrected chi connectivity index (χ2v) is 4.92. The number of benzene rings is 1. The van der Waals surface area contributed by atoms with E-state index in [1.54, 1.807) is 7.11 Å². The van der Waals surface area contributed by atoms with E-state index in [2.05, 4.69) is 6.92 Å². The minimum Gasteiger partial charge on any atom is -0.494 e. The van der Waals surface area contributed by atoms with Crippen LogP contribution in [0, 0.1) is 5.92 Å². The highest BCUT2D eigenvalue weighted by Gasteiger charge is 2.20. The van der Waals surface area contributed by atoms with Gasteiger partial charge in [0.25, 0.3) is 0 Å². The molecule has 0 radical (unpaired) electrons. The molecule has 2 N–H and O–H groups in total. The number of ether oxygens (including phenoxy) is 2. The molecule has 0 heterocycles. The molecular formula is C14H21NO2. The van der Waals surface area contributed by atoms with Gasteiger partial charge in [-0.15, -0.1) is 0 Å². The van der Waals surface area contributed by atoms with Crippen molar-refractivity contribution in [2.75, 3.05) is 12.8 Å². The molecule has 3 heteroatoms. The first-order chi connectivity index (χ1) is 8.19. The van der Waals surface area contributed by atoms with Gasteiger partial charge in [-0.3, -0.25) is 0 Å². The van der Waals surface area contributed by atoms with E-state index in [9.17, 15) is 0 Å². The third-order valence-electron chi connectivity index (χ3n) is 3.40. The first-order valence-electron chi connectivity index (χ1n) is 6.29. The van der Waals surface area contributed by atoms with Gasteiger partial charge in [0.1, 0.15) is 11.5 Å². The summed E-state index contributed by atoms with van der Waals surface area (Å²) in [5.41, 5.74) is 6.42. The van der Waals surface area contributed by atoms with E-state index < -0.39 is 0 Å². The zero-order chi connectivity index (χ0) is 12.3. The molecule has 2 unspecified atom stereocenters. The maximum Gasteiger partial charge on any atom is 0.145 e. The van der Waals surface area contributed by atoms with Crippen LogP contribution in [0.15, 0.2) is 18.2 Å². The summed E-state index contributed by atoms with van der Waals surface area (Å²) >= 11 is 0. The molecule has 1 fully saturated rings. The van der Waals surface area contributed by atoms with Gasteiger partial charge in [0.05, 0.1) is 18.9 Å². The minimum absolute atomic E-state index is 0.340. The summed E-state index contributed by atoms with van der Waals surface area (Å²) in [5, 5.41) is 0. The monoisotopic (exact) mass is 235 g/mol. The van der Waals surface area contributed by atoms with Crippen LogP contribution in [0.4, 0.5) is 5.69 Å². The van der Waals surface area contributed by atoms with E-state index in [-0.39, 0.29) is 0 Å². The summed E-state index contributed by atoms with van der Waals surface area (Å²) in [4.78, 5) is 0. The van der Waals surface area contributed by atoms with Crippen molar-refractivity contribution < 1.29 is 9.47 Å². The van der Waals surface area contributed by atoms with Crippen LogP contribution in [0.25, 0.3) is 0 Å². The lowest BCUT2D eigenvalue weighted by Crippen LogP contribution is -2.24. The van der Waals surface area contributed by atoms with Crippen LogP contribution < -0.4 is 15.2 Å². The average Bonchev–Trinajstić information content (AvgIpc) is 2.32. The van der Waals surface area contributed by atoms with Crippen LogP contribution in [-0.2, 0) is 0 Å². The minimum atomic E-state index is 0.340. The highest BCUT2D eigenvalue weighted by molar-refractivity contribution is 5.55. The third kappa shape index (κ3) is 3.05. The van der Waals surface area contributed by atoms with Gasteiger partial charge in [0.2, 0.25) is 0 Å². The number of rotatable bonds is 3. The molecule has 0 aromatic heterocycles. The van der Waals surface area contributed by atoms with Crippen molar-refractivity contribution in [3.05, 3.63) is 18.2 Å². The standard InChI is InChI=1S/C14H21NO2/c1-10-4-3-5-11(8-10)17-12-6-7-13(15)14(9-12)16-2/h6-7,9-11H,3-5,8,15H2,1-2H3. The molecule has 1 aromatic rings. The van der Waals surface area contributed by atoms with E-state index in [0.717, 1.165) is 24.5 Å². The third-order valence-corrected chi connectivity index (χ3v) is 3.40. The molecule has 94 valence electrons. The number of nitrogen functional groups attached to an aromatic ring is 1. The lowest BCUT2D eigenvalue weighted by Gasteiger charge is -2.27. The lowest BCUT2D eigenvalue weighted by molar-refractivity contribution is 0.129. The van der Waals surface area contributed by atoms with Crippen molar-refractivity contribution in [3.63, 3.8) is 0 Å². The van der Waals surface area contributed by atoms with E-state index >= 15 is 0 Å². The van der Waals surface area contributed by atoms with Crippen molar-refractivity contribution in [2.45, 2.75) is 38.7 Å². The van der Waals surface area contributed by atoms with Crippen LogP contribution in [0.3, 0.4) is 0 Å². The fourth-order valence-electron chi connectivity index (χ4n) is 2.44. The summed E-state index contributed by atoms with van der Waals surface area (Å²) < 4.78 is 11.2. The smallest absolute Gasteiger partial charge is 0.145 e. The Labute approximate surface area is 103 Å². The van der Waals surface area contributed by atoms with Gasteiger partial charge in [-0.2, -0.15) is 0 Å². The molecule has 2 atom stereocenters. The largest absolute Gasteiger partial charge is 0.494 e. The van der Waals surface area contributed by atoms with Crippen molar-refractivity contribution in [3.8, 4) is 11.5 Å². The van der Waals surface area contributed by atoms with Crippen molar-refractivity contribution >= 4 is 5.69 Å². The second kappa shape index (κ2) is 5.30. The van der Waals surface area contributed by atoms with Crippen LogP contribution in [0.2, 0.25) is 0 Å². The molecule has 0 amide bonds. The Morgan fingerprint density at radius 3 is 2.82 bits per heavy atom. The van der Waals surface area contributed by atoms with Crippen molar-refractivity contribution in [1.29, 1.82) is 0 Å². The molecule has 0 spiro atoms. The van der Waals surface area contributed by atoms with Gasteiger partial charge in [0.15, 0.2) is 0 Å². The topological polar surface area (TPSA) is 44.5 Å². The fourth-order valence-corrected chi connectivity index (χ4v) is 2.44. The predicted octanol–water partition coefficient (Wildman–Crippen LogP) is 3.23. The van der Waals surface area contributed by atoms with Gasteiger partial charge < -0.3 is 15.2 Å². The summed E-state index contributed by atoms with van der Waals surface area (Å²) in [6.45, 7) is 2.29. The summed E-state index contributed by atoms with van der Waals surface area (Å²) in [7, 11) is 1.62. The molecule has 3 nitrogen and oxygen atoms in total. The highest BCUT2D eigenvalue weighted by atomic mass is 16.5. The van der Waals surface area contributed by atoms with Gasteiger partial charge in [0, 0.05) is 6.07 Å². The quantitative estimate of drug-likeness (QED) is 0.818. The average molecular weight is 235 g/mol. The Kier molecular flexibility index (Phi) is 3.77. The van der Waals surface area contributed by atoms with Gasteiger partial charge >= 0.3 is 0 Å². The fraction of sp³-hybridized carbons (Fsp3) is 0.571. The van der Waals surface area contributed by atoms with Crippen LogP contribution in [0.1, 0.15) is 32.6 Å². The van der Waals surface area contributed by atoms with Crippen LogP contribution in [0.5, 0.6) is 11.5 Å². The van der Waals surface area contributed by atoms with Crippen molar-refractivity contribution in [1.82, 2.24) is 0 Å². The zero-order valence-corrected chi connectivity index (χ0v) is 10.6. The molecule has 0 aliphatic heterocycles. The van der Waals surface area contributed by atoms with E-state index in [1.165, 1.54) is 12.8 Å². The Bertz CT molecular complexity index is 378. The number of methoxy groups -OCH3 is 1. The van der Waals surface area contributed by atoms with E-state index in [0.29, 0.717) is 17.5 Å². The molecule has 0 saturated heterocycles. The van der Waals surface area contributed by atoms with E-state index in [1.807, 2.05) is 18.2 Å². The second-order valence-electron chi connectivity index (χ2n) is 4.92. The SMILES string of the molecule is COc1cc(OC2CCCC(C)C2)ccc1N. The predicted molar refractivity (Wildman–Crippen MR) is 69.5 cm³/mol. The van der Waals surface area contributed by atoms with Crippen LogP contribution in [-0.4, -0.2) is 13.2 Å². The Morgan fingerprint density at radius 1 is 1.29 bits per heavy atom. The Hall–Kier alpha value is -1.38. The summed E-state index contributed by atoms with van der Waals surface area (Å²) in [6.07, 6.45) is 5.22. The molecule has 1 saturated carbocycles. The van der Waals surface area contributed by atoms with Gasteiger partial charge in [-0.05, 0) is 37.3 Å². The molecule has 2 rings (SSSR count). The molecule has 1 aliphatic carbocycles. The van der Waals surface area contributed by atoms with Gasteiger partial charge in [-0.25, -0.2) is 0 Å². The molecule has 0 bridgehead atoms. The zero-order valence-electron chi connectivity index (χ0n) is 10.6. The first kappa shape index (κ1) is 12.1. The normalized spacial score (nSPS) is 24.4. The summed E-state index contributed by atoms with van der Waals surface area (Å²) in [6, 6.07) is 5.62. The summed E-state index contributed by atoms with van der Waals surface area (Å²) in [5.74, 6) is 2.31. The molecule has 1 aromatic carbocycles. The Morgan fingerprint density at radius 2 is 2.12 bits per heavy atom. The maximum absolute atomic E-state index is 5.99. The molecule has 17 heavy (non-hydrogen) atoms. The number of hydrogen-bond donors (Lipinski definition) is 1. The molecule has 1 aliphatic rings. The lowest BCUT2D eigenvalue weighted by atomic mass is 9.89. The highest BCUT2D eigenvalue weighted by Crippen LogP contribution is 2.31. The number of hydrogen-bond acceptors (Lipinski definition) is 3. The number of anilines is 1. The molecular weight excluding hydrogens is 214 g/mol. The van der Waals surface area contributed by atoms with Crippen LogP contribution >= 0.6 is 0 Å². The first-order valence-corrected chi connectivity index (χ1v) is 6.29. The Balaban J connectivity index is 2.02. The maximum atomic E-state index is 5.99. The van der Waals surface area contributed by atoms with E-state index in [4.69, 9.17) is 15.2 Å². The van der Waals surface area contributed by atoms with Gasteiger partial charge in [-0.1, -0.05) is 13.3 Å².